The van der Waals surface area contributed by atoms with Gasteiger partial charge < -0.3 is 10.1 Å². The zero-order chi connectivity index (χ0) is 25.8. The Bertz CT molecular complexity index is 1560. The minimum Gasteiger partial charge on any atom is -0.489 e. The van der Waals surface area contributed by atoms with Gasteiger partial charge in [0.15, 0.2) is 10.9 Å². The summed E-state index contributed by atoms with van der Waals surface area (Å²) in [5, 5.41) is 19.9. The molecule has 0 spiro atoms. The van der Waals surface area contributed by atoms with Crippen LogP contribution in [0.5, 0.6) is 5.75 Å². The molecule has 186 valence electrons. The van der Waals surface area contributed by atoms with Crippen LogP contribution in [0.15, 0.2) is 72.8 Å². The zero-order valence-corrected chi connectivity index (χ0v) is 21.9. The van der Waals surface area contributed by atoms with Crippen LogP contribution >= 0.6 is 23.6 Å². The number of aromatic nitrogens is 4. The van der Waals surface area contributed by atoms with E-state index in [0.717, 1.165) is 44.6 Å². The van der Waals surface area contributed by atoms with Crippen molar-refractivity contribution >= 4 is 45.2 Å². The van der Waals surface area contributed by atoms with Gasteiger partial charge >= 0.3 is 0 Å². The number of aryl methyl sites for hydroxylation is 2. The van der Waals surface area contributed by atoms with Crippen molar-refractivity contribution in [3.63, 3.8) is 0 Å². The largest absolute Gasteiger partial charge is 0.489 e. The monoisotopic (exact) mass is 528 g/mol. The SMILES string of the molecule is CCc1nnc2sc(-c3ccc(C)c(NC(=S)NC(=O)c4ccc(OCc5ccccc5)cc4)c3)nn12. The maximum Gasteiger partial charge on any atom is 0.257 e. The third kappa shape index (κ3) is 5.65. The third-order valence-electron chi connectivity index (χ3n) is 5.70. The summed E-state index contributed by atoms with van der Waals surface area (Å²) in [5.74, 6) is 1.20. The molecule has 0 atom stereocenters. The number of nitrogens with zero attached hydrogens (tertiary/aromatic N) is 4. The second-order valence-corrected chi connectivity index (χ2v) is 9.67. The van der Waals surface area contributed by atoms with Gasteiger partial charge in [0.05, 0.1) is 0 Å². The van der Waals surface area contributed by atoms with Crippen molar-refractivity contribution < 1.29 is 9.53 Å². The Hall–Kier alpha value is -4.15. The van der Waals surface area contributed by atoms with E-state index >= 15 is 0 Å². The molecule has 2 aromatic heterocycles. The van der Waals surface area contributed by atoms with Crippen LogP contribution in [0.3, 0.4) is 0 Å². The molecule has 0 aliphatic heterocycles. The van der Waals surface area contributed by atoms with Crippen molar-refractivity contribution in [3.05, 3.63) is 95.3 Å². The molecule has 0 saturated heterocycles. The number of carbonyl (C=O) groups is 1. The topological polar surface area (TPSA) is 93.4 Å². The van der Waals surface area contributed by atoms with Crippen LogP contribution in [-0.2, 0) is 13.0 Å². The lowest BCUT2D eigenvalue weighted by Gasteiger charge is -2.13. The number of benzene rings is 3. The standard InChI is InChI=1S/C27H24N6O2S2/c1-3-23-30-31-27-33(23)32-25(37-27)20-10-9-17(2)22(15-20)28-26(36)29-24(34)19-11-13-21(14-12-19)35-16-18-7-5-4-6-8-18/h4-15H,3,16H2,1-2H3,(H2,28,29,34,36). The molecule has 0 saturated carbocycles. The molecule has 5 aromatic rings. The molecule has 0 bridgehead atoms. The lowest BCUT2D eigenvalue weighted by atomic mass is 10.1. The van der Waals surface area contributed by atoms with Gasteiger partial charge in [-0.3, -0.25) is 10.1 Å². The minimum absolute atomic E-state index is 0.209. The highest BCUT2D eigenvalue weighted by atomic mass is 32.1. The Labute approximate surface area is 223 Å². The number of thiocarbonyl (C=S) groups is 1. The van der Waals surface area contributed by atoms with Gasteiger partial charge in [0, 0.05) is 23.2 Å². The Morgan fingerprint density at radius 3 is 2.59 bits per heavy atom. The van der Waals surface area contributed by atoms with E-state index < -0.39 is 0 Å². The Balaban J connectivity index is 1.22. The molecule has 0 radical (unpaired) electrons. The second-order valence-electron chi connectivity index (χ2n) is 8.31. The van der Waals surface area contributed by atoms with E-state index in [0.29, 0.717) is 17.9 Å². The molecule has 5 rings (SSSR count). The smallest absolute Gasteiger partial charge is 0.257 e. The summed E-state index contributed by atoms with van der Waals surface area (Å²) in [4.78, 5) is 13.5. The van der Waals surface area contributed by atoms with Gasteiger partial charge in [-0.2, -0.15) is 9.61 Å². The van der Waals surface area contributed by atoms with E-state index in [9.17, 15) is 4.79 Å². The molecular weight excluding hydrogens is 504 g/mol. The van der Waals surface area contributed by atoms with E-state index in [2.05, 4.69) is 25.9 Å². The summed E-state index contributed by atoms with van der Waals surface area (Å²) in [7, 11) is 0. The average Bonchev–Trinajstić information content (AvgIpc) is 3.50. The number of anilines is 1. The number of fused-ring (bicyclic) bond motifs is 1. The van der Waals surface area contributed by atoms with Gasteiger partial charge in [-0.25, -0.2) is 0 Å². The lowest BCUT2D eigenvalue weighted by Crippen LogP contribution is -2.34. The first-order chi connectivity index (χ1) is 18.0. The van der Waals surface area contributed by atoms with E-state index in [1.165, 1.54) is 11.3 Å². The number of nitrogens with one attached hydrogen (secondary N) is 2. The maximum atomic E-state index is 12.7. The predicted molar refractivity (Wildman–Crippen MR) is 149 cm³/mol. The second kappa shape index (κ2) is 10.9. The Morgan fingerprint density at radius 1 is 1.05 bits per heavy atom. The Kier molecular flexibility index (Phi) is 7.20. The van der Waals surface area contributed by atoms with Crippen molar-refractivity contribution in [1.29, 1.82) is 0 Å². The van der Waals surface area contributed by atoms with Crippen molar-refractivity contribution in [3.8, 4) is 16.3 Å². The van der Waals surface area contributed by atoms with Crippen LogP contribution in [-0.4, -0.2) is 30.8 Å². The van der Waals surface area contributed by atoms with Gasteiger partial charge in [0.25, 0.3) is 5.91 Å². The van der Waals surface area contributed by atoms with E-state index in [1.807, 2.05) is 62.4 Å². The molecule has 1 amide bonds. The minimum atomic E-state index is -0.304. The summed E-state index contributed by atoms with van der Waals surface area (Å²) in [6, 6.07) is 22.8. The summed E-state index contributed by atoms with van der Waals surface area (Å²) >= 11 is 6.89. The van der Waals surface area contributed by atoms with Gasteiger partial charge in [-0.1, -0.05) is 60.7 Å². The van der Waals surface area contributed by atoms with Gasteiger partial charge in [-0.05, 0) is 60.6 Å². The molecule has 2 heterocycles. The van der Waals surface area contributed by atoms with Gasteiger partial charge in [-0.15, -0.1) is 10.2 Å². The summed E-state index contributed by atoms with van der Waals surface area (Å²) < 4.78 is 7.57. The average molecular weight is 529 g/mol. The van der Waals surface area contributed by atoms with Crippen molar-refractivity contribution in [2.24, 2.45) is 0 Å². The molecule has 3 aromatic carbocycles. The fraction of sp³-hybridized carbons (Fsp3) is 0.148. The van der Waals surface area contributed by atoms with E-state index in [4.69, 9.17) is 17.0 Å². The van der Waals surface area contributed by atoms with E-state index in [1.54, 1.807) is 28.8 Å². The number of hydrogen-bond donors (Lipinski definition) is 2. The first kappa shape index (κ1) is 24.5. The summed E-state index contributed by atoms with van der Waals surface area (Å²) in [6.07, 6.45) is 0.752. The van der Waals surface area contributed by atoms with Gasteiger partial charge in [0.1, 0.15) is 17.4 Å². The molecule has 0 fully saturated rings. The number of ether oxygens (including phenoxy) is 1. The third-order valence-corrected chi connectivity index (χ3v) is 6.85. The van der Waals surface area contributed by atoms with Crippen LogP contribution in [0.2, 0.25) is 0 Å². The first-order valence-electron chi connectivity index (χ1n) is 11.7. The maximum absolute atomic E-state index is 12.7. The predicted octanol–water partition coefficient (Wildman–Crippen LogP) is 5.43. The normalized spacial score (nSPS) is 10.9. The lowest BCUT2D eigenvalue weighted by molar-refractivity contribution is 0.0977. The highest BCUT2D eigenvalue weighted by Crippen LogP contribution is 2.29. The molecule has 0 aliphatic carbocycles. The first-order valence-corrected chi connectivity index (χ1v) is 12.9. The fourth-order valence-corrected chi connectivity index (χ4v) is 4.71. The van der Waals surface area contributed by atoms with E-state index in [-0.39, 0.29) is 11.0 Å². The van der Waals surface area contributed by atoms with Crippen molar-refractivity contribution in [2.75, 3.05) is 5.32 Å². The summed E-state index contributed by atoms with van der Waals surface area (Å²) in [5.41, 5.74) is 4.25. The molecule has 37 heavy (non-hydrogen) atoms. The van der Waals surface area contributed by atoms with Crippen LogP contribution in [0, 0.1) is 6.92 Å². The van der Waals surface area contributed by atoms with Crippen LogP contribution in [0.1, 0.15) is 34.2 Å². The Morgan fingerprint density at radius 2 is 1.84 bits per heavy atom. The molecule has 0 aliphatic rings. The highest BCUT2D eigenvalue weighted by molar-refractivity contribution is 7.80. The quantitative estimate of drug-likeness (QED) is 0.272. The molecule has 2 N–H and O–H groups in total. The van der Waals surface area contributed by atoms with Crippen molar-refractivity contribution in [2.45, 2.75) is 26.9 Å². The zero-order valence-electron chi connectivity index (χ0n) is 20.3. The van der Waals surface area contributed by atoms with Crippen LogP contribution < -0.4 is 15.4 Å². The number of amides is 1. The molecule has 8 nitrogen and oxygen atoms in total. The number of rotatable bonds is 7. The summed E-state index contributed by atoms with van der Waals surface area (Å²) in [6.45, 7) is 4.45. The van der Waals surface area contributed by atoms with Crippen molar-refractivity contribution in [1.82, 2.24) is 25.1 Å². The molecule has 0 unspecified atom stereocenters. The van der Waals surface area contributed by atoms with Gasteiger partial charge in [0.2, 0.25) is 4.96 Å². The molecule has 10 heteroatoms. The number of carbonyl (C=O) groups excluding carboxylic acids is 1. The molecular formula is C27H24N6O2S2. The fourth-order valence-electron chi connectivity index (χ4n) is 3.66. The van der Waals surface area contributed by atoms with Crippen LogP contribution in [0.25, 0.3) is 15.5 Å². The highest BCUT2D eigenvalue weighted by Gasteiger charge is 2.14. The van der Waals surface area contributed by atoms with Crippen LogP contribution in [0.4, 0.5) is 5.69 Å². The number of hydrogen-bond acceptors (Lipinski definition) is 7.